The Morgan fingerprint density at radius 2 is 2.29 bits per heavy atom. The average Bonchev–Trinajstić information content (AvgIpc) is 2.70. The van der Waals surface area contributed by atoms with Crippen LogP contribution in [0.25, 0.3) is 0 Å². The van der Waals surface area contributed by atoms with Crippen LogP contribution in [0.1, 0.15) is 26.2 Å². The number of amides is 1. The molecule has 1 aliphatic heterocycles. The molecule has 5 heteroatoms. The van der Waals surface area contributed by atoms with Crippen molar-refractivity contribution in [1.82, 2.24) is 4.90 Å². The van der Waals surface area contributed by atoms with E-state index < -0.39 is 12.0 Å². The number of allylic oxidation sites excluding steroid dienone is 1. The molecule has 1 heterocycles. The minimum absolute atomic E-state index is 0.139. The highest BCUT2D eigenvalue weighted by Gasteiger charge is 2.39. The summed E-state index contributed by atoms with van der Waals surface area (Å²) in [7, 11) is 0. The summed E-state index contributed by atoms with van der Waals surface area (Å²) >= 11 is 0. The zero-order valence-corrected chi connectivity index (χ0v) is 10.1. The predicted molar refractivity (Wildman–Crippen MR) is 62.6 cm³/mol. The molecule has 0 saturated carbocycles. The fraction of sp³-hybridized carbons (Fsp3) is 0.667. The van der Waals surface area contributed by atoms with E-state index in [2.05, 4.69) is 6.58 Å². The molecule has 1 rings (SSSR count). The Morgan fingerprint density at radius 3 is 2.82 bits per heavy atom. The van der Waals surface area contributed by atoms with Crippen LogP contribution in [0.4, 0.5) is 0 Å². The molecule has 5 nitrogen and oxygen atoms in total. The second-order valence-electron chi connectivity index (χ2n) is 4.04. The van der Waals surface area contributed by atoms with E-state index in [4.69, 9.17) is 9.84 Å². The lowest BCUT2D eigenvalue weighted by Gasteiger charge is -2.20. The van der Waals surface area contributed by atoms with Gasteiger partial charge in [-0.15, -0.1) is 6.58 Å². The number of hydrogen-bond donors (Lipinski definition) is 1. The predicted octanol–water partition coefficient (Wildman–Crippen LogP) is 1.04. The second-order valence-corrected chi connectivity index (χ2v) is 4.04. The number of nitrogens with zero attached hydrogens (tertiary/aromatic N) is 1. The van der Waals surface area contributed by atoms with Gasteiger partial charge in [-0.25, -0.2) is 4.79 Å². The van der Waals surface area contributed by atoms with E-state index in [0.29, 0.717) is 32.4 Å². The number of carboxylic acid groups (broad SMARTS) is 1. The third-order valence-corrected chi connectivity index (χ3v) is 2.83. The van der Waals surface area contributed by atoms with Crippen molar-refractivity contribution >= 4 is 11.9 Å². The molecule has 0 aromatic heterocycles. The monoisotopic (exact) mass is 241 g/mol. The molecule has 1 unspecified atom stereocenters. The van der Waals surface area contributed by atoms with Gasteiger partial charge in [0.1, 0.15) is 6.04 Å². The van der Waals surface area contributed by atoms with Gasteiger partial charge in [0.2, 0.25) is 5.91 Å². The van der Waals surface area contributed by atoms with Gasteiger partial charge in [0.25, 0.3) is 0 Å². The maximum atomic E-state index is 11.8. The molecule has 0 aromatic rings. The Hall–Kier alpha value is -1.36. The third-order valence-electron chi connectivity index (χ3n) is 2.83. The average molecular weight is 241 g/mol. The Morgan fingerprint density at radius 1 is 1.59 bits per heavy atom. The van der Waals surface area contributed by atoms with Gasteiger partial charge in [0, 0.05) is 26.0 Å². The molecule has 0 bridgehead atoms. The molecule has 1 saturated heterocycles. The van der Waals surface area contributed by atoms with Gasteiger partial charge in [0.05, 0.1) is 6.10 Å². The summed E-state index contributed by atoms with van der Waals surface area (Å²) in [5, 5.41) is 9.07. The smallest absolute Gasteiger partial charge is 0.326 e. The molecule has 1 amide bonds. The first-order valence-electron chi connectivity index (χ1n) is 5.84. The van der Waals surface area contributed by atoms with Crippen molar-refractivity contribution in [2.45, 2.75) is 38.3 Å². The van der Waals surface area contributed by atoms with Crippen LogP contribution in [0.3, 0.4) is 0 Å². The van der Waals surface area contributed by atoms with E-state index in [1.165, 1.54) is 4.90 Å². The van der Waals surface area contributed by atoms with E-state index in [1.807, 2.05) is 6.92 Å². The van der Waals surface area contributed by atoms with Crippen LogP contribution in [-0.2, 0) is 14.3 Å². The number of hydrogen-bond acceptors (Lipinski definition) is 3. The van der Waals surface area contributed by atoms with Crippen LogP contribution in [0.5, 0.6) is 0 Å². The van der Waals surface area contributed by atoms with Crippen LogP contribution in [-0.4, -0.2) is 47.2 Å². The van der Waals surface area contributed by atoms with Crippen LogP contribution in [0, 0.1) is 0 Å². The summed E-state index contributed by atoms with van der Waals surface area (Å²) in [5.74, 6) is -1.10. The molecule has 1 N–H and O–H groups in total. The van der Waals surface area contributed by atoms with Crippen LogP contribution >= 0.6 is 0 Å². The van der Waals surface area contributed by atoms with Crippen molar-refractivity contribution in [1.29, 1.82) is 0 Å². The first-order chi connectivity index (χ1) is 8.10. The largest absolute Gasteiger partial charge is 0.480 e. The summed E-state index contributed by atoms with van der Waals surface area (Å²) in [6, 6.07) is -0.746. The molecule has 0 aromatic carbocycles. The van der Waals surface area contributed by atoms with Gasteiger partial charge in [0.15, 0.2) is 0 Å². The maximum absolute atomic E-state index is 11.8. The Labute approximate surface area is 101 Å². The van der Waals surface area contributed by atoms with Crippen LogP contribution in [0.15, 0.2) is 12.7 Å². The third kappa shape index (κ3) is 3.56. The highest BCUT2D eigenvalue weighted by Crippen LogP contribution is 2.22. The van der Waals surface area contributed by atoms with Gasteiger partial charge in [-0.1, -0.05) is 6.08 Å². The molecule has 0 aliphatic carbocycles. The van der Waals surface area contributed by atoms with Crippen LogP contribution in [0.2, 0.25) is 0 Å². The van der Waals surface area contributed by atoms with E-state index in [0.717, 1.165) is 0 Å². The van der Waals surface area contributed by atoms with Crippen LogP contribution < -0.4 is 0 Å². The molecule has 17 heavy (non-hydrogen) atoms. The molecule has 0 radical (unpaired) electrons. The Bertz CT molecular complexity index is 303. The topological polar surface area (TPSA) is 66.8 Å². The second kappa shape index (κ2) is 6.39. The summed E-state index contributed by atoms with van der Waals surface area (Å²) < 4.78 is 5.39. The highest BCUT2D eigenvalue weighted by molar-refractivity contribution is 5.84. The zero-order valence-electron chi connectivity index (χ0n) is 10.1. The number of carbonyl (C=O) groups excluding carboxylic acids is 1. The number of rotatable bonds is 6. The number of carboxylic acids is 1. The number of carbonyl (C=O) groups is 2. The zero-order chi connectivity index (χ0) is 12.8. The molecular weight excluding hydrogens is 222 g/mol. The maximum Gasteiger partial charge on any atom is 0.326 e. The van der Waals surface area contributed by atoms with Gasteiger partial charge < -0.3 is 14.7 Å². The Kier molecular flexibility index (Phi) is 5.15. The van der Waals surface area contributed by atoms with E-state index in [-0.39, 0.29) is 12.0 Å². The SMILES string of the molecule is C=CCCC(=O)N1CC(OCC)C[C@@H]1C(=O)O. The number of aliphatic carboxylic acids is 1. The molecule has 1 aliphatic rings. The quantitative estimate of drug-likeness (QED) is 0.706. The highest BCUT2D eigenvalue weighted by atomic mass is 16.5. The number of ether oxygens (including phenoxy) is 1. The summed E-state index contributed by atoms with van der Waals surface area (Å²) in [5.41, 5.74) is 0. The van der Waals surface area contributed by atoms with Crippen molar-refractivity contribution in [3.05, 3.63) is 12.7 Å². The van der Waals surface area contributed by atoms with E-state index >= 15 is 0 Å². The van der Waals surface area contributed by atoms with Crippen molar-refractivity contribution in [2.24, 2.45) is 0 Å². The normalized spacial score (nSPS) is 23.7. The number of likely N-dealkylation sites (tertiary alicyclic amines) is 1. The van der Waals surface area contributed by atoms with Crippen molar-refractivity contribution < 1.29 is 19.4 Å². The van der Waals surface area contributed by atoms with Gasteiger partial charge in [-0.3, -0.25) is 4.79 Å². The molecule has 1 fully saturated rings. The molecule has 2 atom stereocenters. The lowest BCUT2D eigenvalue weighted by molar-refractivity contribution is -0.148. The standard InChI is InChI=1S/C12H19NO4/c1-3-5-6-11(14)13-8-9(17-4-2)7-10(13)12(15)16/h3,9-10H,1,4-8H2,2H3,(H,15,16)/t9?,10-/m1/s1. The first-order valence-corrected chi connectivity index (χ1v) is 5.84. The minimum Gasteiger partial charge on any atom is -0.480 e. The fourth-order valence-corrected chi connectivity index (χ4v) is 2.03. The van der Waals surface area contributed by atoms with Gasteiger partial charge >= 0.3 is 5.97 Å². The lowest BCUT2D eigenvalue weighted by Crippen LogP contribution is -2.40. The van der Waals surface area contributed by atoms with Crippen molar-refractivity contribution in [3.8, 4) is 0 Å². The molecule has 0 spiro atoms. The van der Waals surface area contributed by atoms with Gasteiger partial charge in [-0.05, 0) is 13.3 Å². The van der Waals surface area contributed by atoms with E-state index in [1.54, 1.807) is 6.08 Å². The first kappa shape index (κ1) is 13.7. The van der Waals surface area contributed by atoms with Crippen molar-refractivity contribution in [2.75, 3.05) is 13.2 Å². The van der Waals surface area contributed by atoms with Gasteiger partial charge in [-0.2, -0.15) is 0 Å². The minimum atomic E-state index is -0.959. The van der Waals surface area contributed by atoms with E-state index in [9.17, 15) is 9.59 Å². The van der Waals surface area contributed by atoms with Crippen molar-refractivity contribution in [3.63, 3.8) is 0 Å². The summed E-state index contributed by atoms with van der Waals surface area (Å²) in [4.78, 5) is 24.3. The Balaban J connectivity index is 2.63. The summed E-state index contributed by atoms with van der Waals surface area (Å²) in [6.07, 6.45) is 2.76. The fourth-order valence-electron chi connectivity index (χ4n) is 2.03. The molecule has 96 valence electrons. The summed E-state index contributed by atoms with van der Waals surface area (Å²) in [6.45, 7) is 6.31. The molecular formula is C12H19NO4. The lowest BCUT2D eigenvalue weighted by atomic mass is 10.2.